The number of fused-ring (bicyclic) bond motifs is 1. The van der Waals surface area contributed by atoms with Gasteiger partial charge in [-0.2, -0.15) is 5.26 Å². The Morgan fingerprint density at radius 1 is 1.28 bits per heavy atom. The van der Waals surface area contributed by atoms with Gasteiger partial charge in [0.05, 0.1) is 27.9 Å². The summed E-state index contributed by atoms with van der Waals surface area (Å²) in [4.78, 5) is 34.1. The van der Waals surface area contributed by atoms with Gasteiger partial charge in [0.25, 0.3) is 11.5 Å². The van der Waals surface area contributed by atoms with E-state index in [9.17, 15) is 14.4 Å². The molecule has 0 aliphatic rings. The number of benzene rings is 2. The molecule has 3 rings (SSSR count). The maximum atomic E-state index is 12.2. The number of methoxy groups -OCH3 is 1. The summed E-state index contributed by atoms with van der Waals surface area (Å²) in [5.41, 5.74) is -0.470. The molecule has 0 saturated heterocycles. The van der Waals surface area contributed by atoms with Crippen molar-refractivity contribution < 1.29 is 19.1 Å². The van der Waals surface area contributed by atoms with E-state index < -0.39 is 11.5 Å². The molecule has 0 fully saturated rings. The second-order valence-corrected chi connectivity index (χ2v) is 6.83. The van der Waals surface area contributed by atoms with Gasteiger partial charge >= 0.3 is 0 Å². The molecule has 1 aromatic heterocycles. The van der Waals surface area contributed by atoms with Gasteiger partial charge in [0.2, 0.25) is 12.3 Å². The summed E-state index contributed by atoms with van der Waals surface area (Å²) in [7, 11) is 1.43. The molecule has 32 heavy (non-hydrogen) atoms. The zero-order valence-electron chi connectivity index (χ0n) is 16.2. The lowest BCUT2D eigenvalue weighted by Gasteiger charge is -2.13. The highest BCUT2D eigenvalue weighted by Gasteiger charge is 2.17. The van der Waals surface area contributed by atoms with Crippen LogP contribution in [-0.4, -0.2) is 29.6 Å². The minimum atomic E-state index is -0.876. The Bertz CT molecular complexity index is 1320. The van der Waals surface area contributed by atoms with Crippen LogP contribution in [-0.2, 0) is 9.59 Å². The van der Waals surface area contributed by atoms with Crippen molar-refractivity contribution in [3.63, 3.8) is 0 Å². The van der Waals surface area contributed by atoms with Crippen LogP contribution in [0.2, 0.25) is 10.0 Å². The molecule has 3 aromatic rings. The van der Waals surface area contributed by atoms with E-state index in [1.54, 1.807) is 24.3 Å². The molecule has 0 bridgehead atoms. The molecule has 0 aliphatic heterocycles. The first-order chi connectivity index (χ1) is 15.4. The van der Waals surface area contributed by atoms with E-state index in [1.807, 2.05) is 5.32 Å². The van der Waals surface area contributed by atoms with E-state index >= 15 is 0 Å². The van der Waals surface area contributed by atoms with Crippen molar-refractivity contribution >= 4 is 52.0 Å². The van der Waals surface area contributed by atoms with Gasteiger partial charge in [-0.25, -0.2) is 5.10 Å². The lowest BCUT2D eigenvalue weighted by atomic mass is 10.2. The third-order valence-corrected chi connectivity index (χ3v) is 4.66. The number of halogens is 2. The molecule has 2 amide bonds. The maximum absolute atomic E-state index is 12.2. The van der Waals surface area contributed by atoms with Crippen LogP contribution in [0.15, 0.2) is 46.9 Å². The molecular weight excluding hydrogens is 461 g/mol. The normalized spacial score (nSPS) is 10.9. The van der Waals surface area contributed by atoms with E-state index in [2.05, 4.69) is 15.5 Å². The van der Waals surface area contributed by atoms with Crippen LogP contribution in [0.1, 0.15) is 0 Å². The molecule has 0 aliphatic carbocycles. The summed E-state index contributed by atoms with van der Waals surface area (Å²) in [6.07, 6.45) is 1.25. The number of hydrogen-bond acceptors (Lipinski definition) is 8. The number of anilines is 1. The standard InChI is InChI=1S/C20H13Cl2N5O5/c1-31-15-4-2-3-12-16(15)19(30)26-27-20(12)32-17-13(21)5-11(6-14(17)22)24-8-10(7-23)18(29)25-9-28/h2-6,8-9,24H,1H3,(H,26,30)(H,25,28,29)/b10-8-. The van der Waals surface area contributed by atoms with Crippen molar-refractivity contribution in [2.75, 3.05) is 12.4 Å². The van der Waals surface area contributed by atoms with Gasteiger partial charge in [0, 0.05) is 11.9 Å². The summed E-state index contributed by atoms with van der Waals surface area (Å²) in [5.74, 6) is -0.434. The molecule has 2 aromatic carbocycles. The molecule has 12 heteroatoms. The fourth-order valence-corrected chi connectivity index (χ4v) is 3.25. The number of imide groups is 1. The van der Waals surface area contributed by atoms with Crippen LogP contribution < -0.4 is 25.7 Å². The average Bonchev–Trinajstić information content (AvgIpc) is 2.78. The molecule has 0 spiro atoms. The SMILES string of the molecule is COc1cccc2c(Oc3c(Cl)cc(N/C=C(/C#N)C(=O)NC=O)cc3Cl)n[nH]c(=O)c12. The van der Waals surface area contributed by atoms with E-state index in [1.165, 1.54) is 19.2 Å². The zero-order valence-corrected chi connectivity index (χ0v) is 17.7. The molecular formula is C20H13Cl2N5O5. The second kappa shape index (κ2) is 9.82. The van der Waals surface area contributed by atoms with Gasteiger partial charge in [0.15, 0.2) is 5.75 Å². The molecule has 0 atom stereocenters. The highest BCUT2D eigenvalue weighted by atomic mass is 35.5. The Balaban J connectivity index is 1.94. The Morgan fingerprint density at radius 2 is 2.00 bits per heavy atom. The van der Waals surface area contributed by atoms with Gasteiger partial charge in [-0.15, -0.1) is 5.10 Å². The zero-order chi connectivity index (χ0) is 23.3. The third kappa shape index (κ3) is 4.64. The van der Waals surface area contributed by atoms with Crippen molar-refractivity contribution in [2.45, 2.75) is 0 Å². The summed E-state index contributed by atoms with van der Waals surface area (Å²) in [6.45, 7) is 0. The number of rotatable bonds is 7. The molecule has 162 valence electrons. The van der Waals surface area contributed by atoms with Gasteiger partial charge in [0.1, 0.15) is 17.4 Å². The van der Waals surface area contributed by atoms with Crippen LogP contribution in [0.25, 0.3) is 10.8 Å². The Morgan fingerprint density at radius 3 is 2.62 bits per heavy atom. The maximum Gasteiger partial charge on any atom is 0.276 e. The topological polar surface area (TPSA) is 146 Å². The quantitative estimate of drug-likeness (QED) is 0.269. The summed E-state index contributed by atoms with van der Waals surface area (Å²) >= 11 is 12.6. The van der Waals surface area contributed by atoms with Gasteiger partial charge in [-0.3, -0.25) is 19.7 Å². The van der Waals surface area contributed by atoms with Crippen LogP contribution in [0.5, 0.6) is 17.4 Å². The van der Waals surface area contributed by atoms with Gasteiger partial charge < -0.3 is 14.8 Å². The van der Waals surface area contributed by atoms with Crippen molar-refractivity contribution in [2.24, 2.45) is 0 Å². The highest BCUT2D eigenvalue weighted by molar-refractivity contribution is 6.37. The summed E-state index contributed by atoms with van der Waals surface area (Å²) in [5, 5.41) is 20.6. The van der Waals surface area contributed by atoms with Gasteiger partial charge in [-0.05, 0) is 24.3 Å². The number of ether oxygens (including phenoxy) is 2. The van der Waals surface area contributed by atoms with Crippen molar-refractivity contribution in [1.29, 1.82) is 5.26 Å². The summed E-state index contributed by atoms with van der Waals surface area (Å²) < 4.78 is 11.0. The third-order valence-electron chi connectivity index (χ3n) is 4.10. The van der Waals surface area contributed by atoms with E-state index in [0.717, 1.165) is 6.20 Å². The van der Waals surface area contributed by atoms with Crippen molar-refractivity contribution in [3.05, 3.63) is 62.5 Å². The highest BCUT2D eigenvalue weighted by Crippen LogP contribution is 2.40. The predicted molar refractivity (Wildman–Crippen MR) is 117 cm³/mol. The van der Waals surface area contributed by atoms with Crippen LogP contribution in [0.4, 0.5) is 5.69 Å². The predicted octanol–water partition coefficient (Wildman–Crippen LogP) is 3.12. The average molecular weight is 474 g/mol. The number of aromatic amines is 1. The number of hydrogen-bond donors (Lipinski definition) is 3. The van der Waals surface area contributed by atoms with E-state index in [0.29, 0.717) is 16.8 Å². The lowest BCUT2D eigenvalue weighted by molar-refractivity contribution is -0.122. The number of H-pyrrole nitrogens is 1. The fourth-order valence-electron chi connectivity index (χ4n) is 2.68. The van der Waals surface area contributed by atoms with Crippen LogP contribution in [0.3, 0.4) is 0 Å². The lowest BCUT2D eigenvalue weighted by Crippen LogP contribution is -2.23. The Kier molecular flexibility index (Phi) is 6.94. The van der Waals surface area contributed by atoms with Crippen molar-refractivity contribution in [1.82, 2.24) is 15.5 Å². The molecule has 3 N–H and O–H groups in total. The molecule has 0 saturated carbocycles. The first-order valence-corrected chi connectivity index (χ1v) is 9.48. The fraction of sp³-hybridized carbons (Fsp3) is 0.0500. The number of aromatic nitrogens is 2. The number of carbonyl (C=O) groups excluding carboxylic acids is 2. The van der Waals surface area contributed by atoms with E-state index in [4.69, 9.17) is 37.9 Å². The van der Waals surface area contributed by atoms with Crippen LogP contribution in [0, 0.1) is 11.3 Å². The van der Waals surface area contributed by atoms with E-state index in [-0.39, 0.29) is 39.0 Å². The smallest absolute Gasteiger partial charge is 0.276 e. The number of nitriles is 1. The molecule has 10 nitrogen and oxygen atoms in total. The number of carbonyl (C=O) groups is 2. The monoisotopic (exact) mass is 473 g/mol. The minimum Gasteiger partial charge on any atom is -0.496 e. The number of nitrogens with one attached hydrogen (secondary N) is 3. The first kappa shape index (κ1) is 22.6. The number of amides is 2. The first-order valence-electron chi connectivity index (χ1n) is 8.73. The minimum absolute atomic E-state index is 0.0419. The largest absolute Gasteiger partial charge is 0.496 e. The van der Waals surface area contributed by atoms with Gasteiger partial charge in [-0.1, -0.05) is 29.3 Å². The number of nitrogens with zero attached hydrogens (tertiary/aromatic N) is 2. The second-order valence-electron chi connectivity index (χ2n) is 6.02. The molecule has 0 radical (unpaired) electrons. The summed E-state index contributed by atoms with van der Waals surface area (Å²) in [6, 6.07) is 9.44. The van der Waals surface area contributed by atoms with Crippen molar-refractivity contribution in [3.8, 4) is 23.4 Å². The Hall–Kier alpha value is -4.07. The Labute approximate surface area is 190 Å². The van der Waals surface area contributed by atoms with Crippen LogP contribution >= 0.6 is 23.2 Å². The molecule has 1 heterocycles. The molecule has 0 unspecified atom stereocenters.